The lowest BCUT2D eigenvalue weighted by Crippen LogP contribution is -2.17. The summed E-state index contributed by atoms with van der Waals surface area (Å²) in [4.78, 5) is 10.6. The molecule has 3 heterocycles. The zero-order chi connectivity index (χ0) is 22.2. The number of nitrogens with zero attached hydrogens (tertiary/aromatic N) is 2. The molecule has 1 unspecified atom stereocenters. The number of halogens is 3. The summed E-state index contributed by atoms with van der Waals surface area (Å²) >= 11 is 1.59. The molecule has 162 valence electrons. The van der Waals surface area contributed by atoms with Gasteiger partial charge in [-0.25, -0.2) is 9.97 Å². The van der Waals surface area contributed by atoms with Gasteiger partial charge in [-0.1, -0.05) is 19.1 Å². The van der Waals surface area contributed by atoms with E-state index in [0.29, 0.717) is 17.2 Å². The smallest absolute Gasteiger partial charge is 0.416 e. The van der Waals surface area contributed by atoms with Crippen LogP contribution in [-0.2, 0) is 10.9 Å². The third kappa shape index (κ3) is 4.44. The van der Waals surface area contributed by atoms with E-state index < -0.39 is 11.7 Å². The van der Waals surface area contributed by atoms with E-state index in [0.717, 1.165) is 44.8 Å². The number of aromatic nitrogens is 2. The van der Waals surface area contributed by atoms with Gasteiger partial charge in [0.05, 0.1) is 10.9 Å². The molecule has 1 atom stereocenters. The van der Waals surface area contributed by atoms with Gasteiger partial charge in [0.25, 0.3) is 0 Å². The molecule has 4 rings (SSSR count). The molecule has 0 bridgehead atoms. The fourth-order valence-corrected chi connectivity index (χ4v) is 4.38. The van der Waals surface area contributed by atoms with Gasteiger partial charge < -0.3 is 9.47 Å². The third-order valence-corrected chi connectivity index (χ3v) is 6.33. The summed E-state index contributed by atoms with van der Waals surface area (Å²) in [5, 5.41) is 0.895. The number of aryl methyl sites for hydroxylation is 2. The summed E-state index contributed by atoms with van der Waals surface area (Å²) in [7, 11) is 0. The number of rotatable bonds is 5. The molecule has 0 spiro atoms. The van der Waals surface area contributed by atoms with Crippen molar-refractivity contribution < 1.29 is 22.6 Å². The van der Waals surface area contributed by atoms with Crippen LogP contribution in [0.25, 0.3) is 15.8 Å². The standard InChI is InChI=1S/C23H21F3N2O2S/c1-4-18-9-16(15-5-7-17(8-6-15)23(24,25)26)10-19(30-18)11-29-21-20-13(2)14(3)31-22(20)28-12-27-21/h5-10,12,18H,4,11H2,1-3H3. The fraction of sp³-hybridized carbons (Fsp3) is 0.304. The van der Waals surface area contributed by atoms with Gasteiger partial charge in [-0.15, -0.1) is 11.3 Å². The summed E-state index contributed by atoms with van der Waals surface area (Å²) in [5.41, 5.74) is 1.92. The molecule has 8 heteroatoms. The highest BCUT2D eigenvalue weighted by Crippen LogP contribution is 2.35. The number of benzene rings is 1. The normalized spacial score (nSPS) is 16.6. The molecule has 31 heavy (non-hydrogen) atoms. The Morgan fingerprint density at radius 2 is 1.87 bits per heavy atom. The quantitative estimate of drug-likeness (QED) is 0.450. The van der Waals surface area contributed by atoms with E-state index >= 15 is 0 Å². The van der Waals surface area contributed by atoms with E-state index in [-0.39, 0.29) is 12.7 Å². The molecule has 0 saturated carbocycles. The molecule has 1 aliphatic heterocycles. The Balaban J connectivity index is 1.58. The number of hydrogen-bond donors (Lipinski definition) is 0. The Kier molecular flexibility index (Phi) is 5.75. The van der Waals surface area contributed by atoms with Crippen LogP contribution < -0.4 is 4.74 Å². The van der Waals surface area contributed by atoms with Gasteiger partial charge in [0.15, 0.2) is 0 Å². The lowest BCUT2D eigenvalue weighted by Gasteiger charge is -2.23. The predicted molar refractivity (Wildman–Crippen MR) is 115 cm³/mol. The number of thiophene rings is 1. The van der Waals surface area contributed by atoms with Crippen LogP contribution in [0.3, 0.4) is 0 Å². The number of alkyl halides is 3. The lowest BCUT2D eigenvalue weighted by molar-refractivity contribution is -0.137. The number of fused-ring (bicyclic) bond motifs is 1. The monoisotopic (exact) mass is 446 g/mol. The minimum atomic E-state index is -4.36. The Labute approximate surface area is 182 Å². The molecule has 0 radical (unpaired) electrons. The number of ether oxygens (including phenoxy) is 2. The summed E-state index contributed by atoms with van der Waals surface area (Å²) < 4.78 is 50.6. The van der Waals surface area contributed by atoms with Crippen molar-refractivity contribution in [3.8, 4) is 5.88 Å². The van der Waals surface area contributed by atoms with Gasteiger partial charge in [0.1, 0.15) is 29.6 Å². The maximum atomic E-state index is 12.9. The zero-order valence-electron chi connectivity index (χ0n) is 17.3. The highest BCUT2D eigenvalue weighted by molar-refractivity contribution is 7.18. The molecule has 0 amide bonds. The Morgan fingerprint density at radius 3 is 2.55 bits per heavy atom. The van der Waals surface area contributed by atoms with Crippen molar-refractivity contribution >= 4 is 27.1 Å². The molecule has 1 aliphatic rings. The molecule has 1 aromatic carbocycles. The predicted octanol–water partition coefficient (Wildman–Crippen LogP) is 6.48. The second kappa shape index (κ2) is 8.34. The van der Waals surface area contributed by atoms with Gasteiger partial charge in [-0.2, -0.15) is 13.2 Å². The summed E-state index contributed by atoms with van der Waals surface area (Å²) in [6.07, 6.45) is 1.38. The van der Waals surface area contributed by atoms with Crippen molar-refractivity contribution in [3.63, 3.8) is 0 Å². The largest absolute Gasteiger partial charge is 0.487 e. The van der Waals surface area contributed by atoms with Gasteiger partial charge in [0.2, 0.25) is 5.88 Å². The first-order valence-corrected chi connectivity index (χ1v) is 10.7. The summed E-state index contributed by atoms with van der Waals surface area (Å²) in [5.74, 6) is 1.09. The van der Waals surface area contributed by atoms with E-state index in [2.05, 4.69) is 9.97 Å². The van der Waals surface area contributed by atoms with Crippen LogP contribution in [0.1, 0.15) is 34.9 Å². The lowest BCUT2D eigenvalue weighted by atomic mass is 9.99. The second-order valence-corrected chi connectivity index (χ2v) is 8.51. The minimum Gasteiger partial charge on any atom is -0.487 e. The molecule has 2 aromatic heterocycles. The second-order valence-electron chi connectivity index (χ2n) is 7.30. The van der Waals surface area contributed by atoms with Crippen molar-refractivity contribution in [2.24, 2.45) is 0 Å². The van der Waals surface area contributed by atoms with E-state index in [1.54, 1.807) is 17.4 Å². The number of allylic oxidation sites excluding steroid dienone is 2. The van der Waals surface area contributed by atoms with Crippen LogP contribution in [0.2, 0.25) is 0 Å². The first-order valence-electron chi connectivity index (χ1n) is 9.86. The van der Waals surface area contributed by atoms with E-state index in [9.17, 15) is 13.2 Å². The molecule has 4 nitrogen and oxygen atoms in total. The maximum Gasteiger partial charge on any atom is 0.416 e. The molecular formula is C23H21F3N2O2S. The average molecular weight is 446 g/mol. The average Bonchev–Trinajstić information content (AvgIpc) is 3.05. The van der Waals surface area contributed by atoms with Crippen LogP contribution >= 0.6 is 11.3 Å². The van der Waals surface area contributed by atoms with Crippen LogP contribution in [0, 0.1) is 13.8 Å². The van der Waals surface area contributed by atoms with Crippen LogP contribution in [0.4, 0.5) is 13.2 Å². The van der Waals surface area contributed by atoms with Gasteiger partial charge in [-0.3, -0.25) is 0 Å². The molecule has 3 aromatic rings. The van der Waals surface area contributed by atoms with Crippen molar-refractivity contribution in [3.05, 3.63) is 70.1 Å². The first-order chi connectivity index (χ1) is 14.8. The highest BCUT2D eigenvalue weighted by Gasteiger charge is 2.30. The Hall–Kier alpha value is -2.87. The molecule has 0 N–H and O–H groups in total. The van der Waals surface area contributed by atoms with Crippen molar-refractivity contribution in [2.45, 2.75) is 39.5 Å². The SMILES string of the molecule is CCC1C=C(c2ccc(C(F)(F)F)cc2)C=C(COc2ncnc3sc(C)c(C)c23)O1. The molecule has 0 fully saturated rings. The Bertz CT molecular complexity index is 1160. The van der Waals surface area contributed by atoms with E-state index in [1.807, 2.05) is 26.8 Å². The van der Waals surface area contributed by atoms with Gasteiger partial charge >= 0.3 is 6.18 Å². The summed E-state index contributed by atoms with van der Waals surface area (Å²) in [6, 6.07) is 5.14. The fourth-order valence-electron chi connectivity index (χ4n) is 3.39. The number of hydrogen-bond acceptors (Lipinski definition) is 5. The molecular weight excluding hydrogens is 425 g/mol. The maximum absolute atomic E-state index is 12.9. The topological polar surface area (TPSA) is 44.2 Å². The molecule has 0 saturated heterocycles. The minimum absolute atomic E-state index is 0.162. The highest BCUT2D eigenvalue weighted by atomic mass is 32.1. The van der Waals surface area contributed by atoms with E-state index in [4.69, 9.17) is 9.47 Å². The van der Waals surface area contributed by atoms with Crippen molar-refractivity contribution in [1.29, 1.82) is 0 Å². The zero-order valence-corrected chi connectivity index (χ0v) is 18.1. The molecule has 0 aliphatic carbocycles. The van der Waals surface area contributed by atoms with Gasteiger partial charge in [0, 0.05) is 4.88 Å². The first kappa shape index (κ1) is 21.4. The Morgan fingerprint density at radius 1 is 1.13 bits per heavy atom. The van der Waals surface area contributed by atoms with E-state index in [1.165, 1.54) is 18.5 Å². The summed E-state index contributed by atoms with van der Waals surface area (Å²) in [6.45, 7) is 6.19. The van der Waals surface area contributed by atoms with Crippen molar-refractivity contribution in [2.75, 3.05) is 6.61 Å². The van der Waals surface area contributed by atoms with Crippen LogP contribution in [0.15, 0.2) is 48.5 Å². The van der Waals surface area contributed by atoms with Crippen LogP contribution in [0.5, 0.6) is 5.88 Å². The van der Waals surface area contributed by atoms with Crippen LogP contribution in [-0.4, -0.2) is 22.7 Å². The van der Waals surface area contributed by atoms with Gasteiger partial charge in [-0.05, 0) is 61.3 Å². The third-order valence-electron chi connectivity index (χ3n) is 5.21. The van der Waals surface area contributed by atoms with Crippen molar-refractivity contribution in [1.82, 2.24) is 9.97 Å².